The number of ether oxygens (including phenoxy) is 1. The van der Waals surface area contributed by atoms with Crippen molar-refractivity contribution in [2.75, 3.05) is 20.2 Å². The second-order valence-electron chi connectivity index (χ2n) is 4.47. The largest absolute Gasteiger partial charge is 0.380 e. The maximum Gasteiger partial charge on any atom is 0.242 e. The minimum absolute atomic E-state index is 0. The number of nitrogens with zero attached hydrogens (tertiary/aromatic N) is 1. The van der Waals surface area contributed by atoms with E-state index in [0.717, 1.165) is 19.4 Å². The van der Waals surface area contributed by atoms with E-state index in [1.807, 2.05) is 0 Å². The van der Waals surface area contributed by atoms with Crippen LogP contribution in [0.3, 0.4) is 0 Å². The standard InChI is InChI=1S/C10H20N2O2.ClH/c1-10(2,11)9(13)12-6-4-5-8(7-12)14-3;/h8H,4-7,11H2,1-3H3;1H. The van der Waals surface area contributed by atoms with Crippen LogP contribution in [0.1, 0.15) is 26.7 Å². The first-order valence-electron chi connectivity index (χ1n) is 5.06. The van der Waals surface area contributed by atoms with Crippen molar-refractivity contribution in [2.24, 2.45) is 5.73 Å². The summed E-state index contributed by atoms with van der Waals surface area (Å²) in [6.07, 6.45) is 2.21. The number of likely N-dealkylation sites (tertiary alicyclic amines) is 1. The van der Waals surface area contributed by atoms with Crippen molar-refractivity contribution in [3.63, 3.8) is 0 Å². The van der Waals surface area contributed by atoms with Crippen molar-refractivity contribution in [1.29, 1.82) is 0 Å². The van der Waals surface area contributed by atoms with E-state index in [9.17, 15) is 4.79 Å². The molecule has 4 nitrogen and oxygen atoms in total. The number of methoxy groups -OCH3 is 1. The van der Waals surface area contributed by atoms with Crippen molar-refractivity contribution in [2.45, 2.75) is 38.3 Å². The zero-order valence-corrected chi connectivity index (χ0v) is 10.5. The fraction of sp³-hybridized carbons (Fsp3) is 0.900. The first-order chi connectivity index (χ1) is 6.45. The molecule has 0 radical (unpaired) electrons. The van der Waals surface area contributed by atoms with E-state index in [4.69, 9.17) is 10.5 Å². The highest BCUT2D eigenvalue weighted by Crippen LogP contribution is 2.15. The van der Waals surface area contributed by atoms with Crippen molar-refractivity contribution in [1.82, 2.24) is 4.90 Å². The quantitative estimate of drug-likeness (QED) is 0.771. The lowest BCUT2D eigenvalue weighted by Gasteiger charge is -2.35. The van der Waals surface area contributed by atoms with Gasteiger partial charge in [0.1, 0.15) is 0 Å². The van der Waals surface area contributed by atoms with Crippen LogP contribution in [0.25, 0.3) is 0 Å². The van der Waals surface area contributed by atoms with Crippen LogP contribution in [-0.2, 0) is 9.53 Å². The predicted molar refractivity (Wildman–Crippen MR) is 62.1 cm³/mol. The van der Waals surface area contributed by atoms with Crippen LogP contribution in [0, 0.1) is 0 Å². The van der Waals surface area contributed by atoms with Gasteiger partial charge in [0.15, 0.2) is 0 Å². The molecule has 1 atom stereocenters. The molecular formula is C10H21ClN2O2. The molecule has 1 saturated heterocycles. The SMILES string of the molecule is COC1CCCN(C(=O)C(C)(C)N)C1.Cl. The summed E-state index contributed by atoms with van der Waals surface area (Å²) >= 11 is 0. The van der Waals surface area contributed by atoms with E-state index in [1.165, 1.54) is 0 Å². The van der Waals surface area contributed by atoms with E-state index in [2.05, 4.69) is 0 Å². The molecule has 0 spiro atoms. The molecule has 1 amide bonds. The van der Waals surface area contributed by atoms with E-state index in [0.29, 0.717) is 6.54 Å². The molecule has 2 N–H and O–H groups in total. The fourth-order valence-corrected chi connectivity index (χ4v) is 1.72. The highest BCUT2D eigenvalue weighted by atomic mass is 35.5. The number of hydrogen-bond acceptors (Lipinski definition) is 3. The first-order valence-corrected chi connectivity index (χ1v) is 5.06. The highest BCUT2D eigenvalue weighted by molar-refractivity contribution is 5.85. The summed E-state index contributed by atoms with van der Waals surface area (Å²) in [4.78, 5) is 13.6. The molecule has 1 aliphatic rings. The van der Waals surface area contributed by atoms with Crippen LogP contribution in [0.2, 0.25) is 0 Å². The number of nitrogens with two attached hydrogens (primary N) is 1. The molecule has 1 aliphatic heterocycles. The van der Waals surface area contributed by atoms with Gasteiger partial charge in [-0.25, -0.2) is 0 Å². The summed E-state index contributed by atoms with van der Waals surface area (Å²) in [5.74, 6) is 0.0132. The first kappa shape index (κ1) is 14.7. The Morgan fingerprint density at radius 3 is 2.60 bits per heavy atom. The number of carbonyl (C=O) groups excluding carboxylic acids is 1. The molecule has 15 heavy (non-hydrogen) atoms. The summed E-state index contributed by atoms with van der Waals surface area (Å²) in [7, 11) is 1.69. The van der Waals surface area contributed by atoms with E-state index in [-0.39, 0.29) is 24.4 Å². The minimum atomic E-state index is -0.768. The van der Waals surface area contributed by atoms with Gasteiger partial charge in [0.05, 0.1) is 11.6 Å². The molecule has 0 bridgehead atoms. The van der Waals surface area contributed by atoms with Crippen LogP contribution in [0.5, 0.6) is 0 Å². The lowest BCUT2D eigenvalue weighted by Crippen LogP contribution is -2.54. The molecule has 0 saturated carbocycles. The summed E-state index contributed by atoms with van der Waals surface area (Å²) in [5.41, 5.74) is 5.00. The Balaban J connectivity index is 0.00000196. The normalized spacial score (nSPS) is 22.1. The average Bonchev–Trinajstić information content (AvgIpc) is 2.15. The second kappa shape index (κ2) is 5.68. The minimum Gasteiger partial charge on any atom is -0.380 e. The number of piperidine rings is 1. The zero-order valence-electron chi connectivity index (χ0n) is 9.66. The van der Waals surface area contributed by atoms with Crippen molar-refractivity contribution in [3.8, 4) is 0 Å². The number of amides is 1. The number of rotatable bonds is 2. The molecular weight excluding hydrogens is 216 g/mol. The molecule has 0 aliphatic carbocycles. The maximum absolute atomic E-state index is 11.8. The Labute approximate surface area is 97.5 Å². The van der Waals surface area contributed by atoms with E-state index >= 15 is 0 Å². The third kappa shape index (κ3) is 3.97. The molecule has 1 unspecified atom stereocenters. The Hall–Kier alpha value is -0.320. The predicted octanol–water partition coefficient (Wildman–Crippen LogP) is 0.783. The lowest BCUT2D eigenvalue weighted by atomic mass is 10.0. The third-order valence-corrected chi connectivity index (χ3v) is 2.55. The Kier molecular flexibility index (Phi) is 5.56. The molecule has 0 aromatic heterocycles. The number of carbonyl (C=O) groups is 1. The summed E-state index contributed by atoms with van der Waals surface area (Å²) < 4.78 is 5.25. The lowest BCUT2D eigenvalue weighted by molar-refractivity contribution is -0.139. The van der Waals surface area contributed by atoms with Crippen molar-refractivity contribution >= 4 is 18.3 Å². The topological polar surface area (TPSA) is 55.6 Å². The van der Waals surface area contributed by atoms with Gasteiger partial charge in [-0.15, -0.1) is 12.4 Å². The molecule has 0 aromatic rings. The molecule has 90 valence electrons. The van der Waals surface area contributed by atoms with E-state index < -0.39 is 5.54 Å². The molecule has 5 heteroatoms. The Bertz CT molecular complexity index is 216. The average molecular weight is 237 g/mol. The fourth-order valence-electron chi connectivity index (χ4n) is 1.72. The van der Waals surface area contributed by atoms with Crippen molar-refractivity contribution < 1.29 is 9.53 Å². The maximum atomic E-state index is 11.8. The van der Waals surface area contributed by atoms with Gasteiger partial charge in [0.2, 0.25) is 5.91 Å². The van der Waals surface area contributed by atoms with Crippen molar-refractivity contribution in [3.05, 3.63) is 0 Å². The summed E-state index contributed by atoms with van der Waals surface area (Å²) in [6, 6.07) is 0. The van der Waals surface area contributed by atoms with Gasteiger partial charge in [-0.2, -0.15) is 0 Å². The van der Waals surface area contributed by atoms with Crippen LogP contribution in [0.4, 0.5) is 0 Å². The van der Waals surface area contributed by atoms with Gasteiger partial charge in [-0.1, -0.05) is 0 Å². The van der Waals surface area contributed by atoms with Gasteiger partial charge < -0.3 is 15.4 Å². The number of hydrogen-bond donors (Lipinski definition) is 1. The summed E-state index contributed by atoms with van der Waals surface area (Å²) in [5, 5.41) is 0. The van der Waals surface area contributed by atoms with Gasteiger partial charge in [-0.3, -0.25) is 4.79 Å². The van der Waals surface area contributed by atoms with Gasteiger partial charge in [0.25, 0.3) is 0 Å². The number of halogens is 1. The van der Waals surface area contributed by atoms with Gasteiger partial charge in [-0.05, 0) is 26.7 Å². The molecule has 0 aromatic carbocycles. The molecule has 1 rings (SSSR count). The monoisotopic (exact) mass is 236 g/mol. The molecule has 1 fully saturated rings. The molecule has 1 heterocycles. The van der Waals surface area contributed by atoms with E-state index in [1.54, 1.807) is 25.9 Å². The zero-order chi connectivity index (χ0) is 10.8. The van der Waals surface area contributed by atoms with Crippen LogP contribution >= 0.6 is 12.4 Å². The Morgan fingerprint density at radius 1 is 1.53 bits per heavy atom. The van der Waals surface area contributed by atoms with Crippen LogP contribution in [0.15, 0.2) is 0 Å². The summed E-state index contributed by atoms with van der Waals surface area (Å²) in [6.45, 7) is 4.97. The highest BCUT2D eigenvalue weighted by Gasteiger charge is 2.31. The van der Waals surface area contributed by atoms with Crippen LogP contribution < -0.4 is 5.73 Å². The van der Waals surface area contributed by atoms with Gasteiger partial charge in [0, 0.05) is 20.2 Å². The third-order valence-electron chi connectivity index (χ3n) is 2.55. The van der Waals surface area contributed by atoms with Gasteiger partial charge >= 0.3 is 0 Å². The smallest absolute Gasteiger partial charge is 0.242 e. The Morgan fingerprint density at radius 2 is 2.13 bits per heavy atom. The second-order valence-corrected chi connectivity index (χ2v) is 4.47. The van der Waals surface area contributed by atoms with Crippen LogP contribution in [-0.4, -0.2) is 42.6 Å².